The maximum atomic E-state index is 15.0. The molecule has 1 heterocycles. The van der Waals surface area contributed by atoms with Crippen LogP contribution in [0.1, 0.15) is 29.5 Å². The number of nitrogens with one attached hydrogen (secondary N) is 2. The molecule has 0 amide bonds. The van der Waals surface area contributed by atoms with Gasteiger partial charge in [0.2, 0.25) is 5.96 Å². The van der Waals surface area contributed by atoms with Gasteiger partial charge >= 0.3 is 0 Å². The Morgan fingerprint density at radius 2 is 1.62 bits per heavy atom. The fraction of sp³-hybridized carbons (Fsp3) is 0.115. The molecule has 34 heavy (non-hydrogen) atoms. The van der Waals surface area contributed by atoms with Crippen LogP contribution < -0.4 is 10.0 Å². The maximum absolute atomic E-state index is 15.0. The summed E-state index contributed by atoms with van der Waals surface area (Å²) in [5.41, 5.74) is 1.28. The number of halogens is 2. The summed E-state index contributed by atoms with van der Waals surface area (Å²) in [4.78, 5) is 4.28. The lowest BCUT2D eigenvalue weighted by molar-refractivity contribution is 0.577. The van der Waals surface area contributed by atoms with Gasteiger partial charge in [0, 0.05) is 11.5 Å². The second-order valence-corrected chi connectivity index (χ2v) is 9.81. The second kappa shape index (κ2) is 8.53. The highest BCUT2D eigenvalue weighted by molar-refractivity contribution is 7.90. The first kappa shape index (κ1) is 22.0. The van der Waals surface area contributed by atoms with Crippen molar-refractivity contribution in [1.82, 2.24) is 4.72 Å². The number of anilines is 1. The zero-order chi connectivity index (χ0) is 23.9. The van der Waals surface area contributed by atoms with E-state index in [0.717, 1.165) is 22.4 Å². The lowest BCUT2D eigenvalue weighted by atomic mass is 9.91. The van der Waals surface area contributed by atoms with Gasteiger partial charge in [0.1, 0.15) is 16.5 Å². The highest BCUT2D eigenvalue weighted by Gasteiger charge is 2.32. The van der Waals surface area contributed by atoms with E-state index in [1.807, 2.05) is 42.5 Å². The van der Waals surface area contributed by atoms with Gasteiger partial charge in [-0.15, -0.1) is 0 Å². The van der Waals surface area contributed by atoms with Crippen LogP contribution in [0, 0.1) is 11.6 Å². The topological polar surface area (TPSA) is 70.6 Å². The third kappa shape index (κ3) is 4.01. The van der Waals surface area contributed by atoms with Crippen LogP contribution in [-0.2, 0) is 16.6 Å². The van der Waals surface area contributed by atoms with Gasteiger partial charge in [-0.1, -0.05) is 61.5 Å². The van der Waals surface area contributed by atoms with E-state index in [1.165, 1.54) is 12.1 Å². The van der Waals surface area contributed by atoms with E-state index in [9.17, 15) is 12.8 Å². The molecule has 1 atom stereocenters. The summed E-state index contributed by atoms with van der Waals surface area (Å²) in [5.74, 6) is -1.88. The number of guanidine groups is 1. The molecule has 2 N–H and O–H groups in total. The van der Waals surface area contributed by atoms with Gasteiger partial charge in [-0.05, 0) is 46.2 Å². The van der Waals surface area contributed by atoms with E-state index < -0.39 is 27.6 Å². The summed E-state index contributed by atoms with van der Waals surface area (Å²) in [5, 5.41) is 5.07. The van der Waals surface area contributed by atoms with Crippen LogP contribution in [0.4, 0.5) is 14.5 Å². The molecule has 8 heteroatoms. The Balaban J connectivity index is 1.53. The fourth-order valence-corrected chi connectivity index (χ4v) is 5.39. The van der Waals surface area contributed by atoms with E-state index in [0.29, 0.717) is 0 Å². The van der Waals surface area contributed by atoms with Gasteiger partial charge in [0.15, 0.2) is 0 Å². The number of aliphatic imine (C=N–C) groups is 1. The molecule has 172 valence electrons. The lowest BCUT2D eigenvalue weighted by Crippen LogP contribution is -2.41. The zero-order valence-corrected chi connectivity index (χ0v) is 19.0. The van der Waals surface area contributed by atoms with Crippen LogP contribution in [0.15, 0.2) is 88.8 Å². The van der Waals surface area contributed by atoms with Gasteiger partial charge in [-0.25, -0.2) is 26.9 Å². The molecule has 0 fully saturated rings. The lowest BCUT2D eigenvalue weighted by Gasteiger charge is -2.26. The number of sulfonamides is 1. The largest absolute Gasteiger partial charge is 0.324 e. The summed E-state index contributed by atoms with van der Waals surface area (Å²) < 4.78 is 57.7. The van der Waals surface area contributed by atoms with Crippen molar-refractivity contribution in [1.29, 1.82) is 0 Å². The van der Waals surface area contributed by atoms with Gasteiger partial charge in [0.05, 0.1) is 12.2 Å². The smallest absolute Gasteiger partial charge is 0.266 e. The van der Waals surface area contributed by atoms with Crippen molar-refractivity contribution in [2.75, 3.05) is 5.32 Å². The third-order valence-corrected chi connectivity index (χ3v) is 7.34. The van der Waals surface area contributed by atoms with Gasteiger partial charge in [-0.3, -0.25) is 0 Å². The van der Waals surface area contributed by atoms with Crippen molar-refractivity contribution in [3.63, 3.8) is 0 Å². The molecule has 1 aliphatic heterocycles. The highest BCUT2D eigenvalue weighted by Crippen LogP contribution is 2.38. The van der Waals surface area contributed by atoms with Crippen molar-refractivity contribution in [3.05, 3.63) is 107 Å². The van der Waals surface area contributed by atoms with Crippen molar-refractivity contribution in [2.24, 2.45) is 4.99 Å². The van der Waals surface area contributed by atoms with Crippen molar-refractivity contribution < 1.29 is 17.2 Å². The van der Waals surface area contributed by atoms with Crippen LogP contribution >= 0.6 is 0 Å². The Hall–Kier alpha value is -3.78. The number of fused-ring (bicyclic) bond motifs is 2. The Morgan fingerprint density at radius 1 is 0.882 bits per heavy atom. The molecule has 0 unspecified atom stereocenters. The molecule has 4 aromatic rings. The van der Waals surface area contributed by atoms with Crippen molar-refractivity contribution >= 4 is 32.4 Å². The number of hydrogen-bond acceptors (Lipinski definition) is 3. The molecule has 0 radical (unpaired) electrons. The fourth-order valence-electron chi connectivity index (χ4n) is 4.24. The van der Waals surface area contributed by atoms with Gasteiger partial charge in [-0.2, -0.15) is 0 Å². The van der Waals surface area contributed by atoms with E-state index in [1.54, 1.807) is 25.1 Å². The van der Waals surface area contributed by atoms with E-state index >= 15 is 4.39 Å². The Kier molecular flexibility index (Phi) is 5.53. The Morgan fingerprint density at radius 3 is 2.41 bits per heavy atom. The molecule has 5 rings (SSSR count). The minimum absolute atomic E-state index is 0.0201. The van der Waals surface area contributed by atoms with Crippen molar-refractivity contribution in [3.8, 4) is 0 Å². The molecular weight excluding hydrogens is 456 g/mol. The molecule has 0 aromatic heterocycles. The average Bonchev–Trinajstić information content (AvgIpc) is 2.82. The van der Waals surface area contributed by atoms with Gasteiger partial charge < -0.3 is 5.32 Å². The van der Waals surface area contributed by atoms with E-state index in [2.05, 4.69) is 15.0 Å². The van der Waals surface area contributed by atoms with Crippen LogP contribution in [0.3, 0.4) is 0 Å². The number of benzene rings is 4. The quantitative estimate of drug-likeness (QED) is 0.406. The standard InChI is InChI=1S/C26H21F2N3O2S/c1-16(20-8-4-5-9-21(20)27)24-22(28)12-13-23-25(24)30-26(31-34(23,32)33)29-15-17-10-11-18-6-2-3-7-19(18)14-17/h2-14,16H,15H2,1H3,(H2,29,30,31)/t16-/m1/s1. The summed E-state index contributed by atoms with van der Waals surface area (Å²) >= 11 is 0. The normalized spacial score (nSPS) is 16.5. The van der Waals surface area contributed by atoms with Crippen LogP contribution in [0.25, 0.3) is 10.8 Å². The molecule has 0 saturated heterocycles. The molecule has 5 nitrogen and oxygen atoms in total. The third-order valence-electron chi connectivity index (χ3n) is 5.96. The Labute approximate surface area is 196 Å². The summed E-state index contributed by atoms with van der Waals surface area (Å²) in [7, 11) is -4.00. The molecule has 4 aromatic carbocycles. The van der Waals surface area contributed by atoms with E-state index in [-0.39, 0.29) is 34.2 Å². The summed E-state index contributed by atoms with van der Waals surface area (Å²) in [6.07, 6.45) is 0. The highest BCUT2D eigenvalue weighted by atomic mass is 32.2. The van der Waals surface area contributed by atoms with Crippen molar-refractivity contribution in [2.45, 2.75) is 24.3 Å². The first-order valence-corrected chi connectivity index (χ1v) is 12.2. The number of rotatable bonds is 4. The summed E-state index contributed by atoms with van der Waals surface area (Å²) in [6.45, 7) is 1.85. The molecule has 0 saturated carbocycles. The molecule has 0 spiro atoms. The number of nitrogens with zero attached hydrogens (tertiary/aromatic N) is 1. The zero-order valence-electron chi connectivity index (χ0n) is 18.2. The Bertz CT molecular complexity index is 1550. The van der Waals surface area contributed by atoms with Crippen LogP contribution in [0.2, 0.25) is 0 Å². The second-order valence-electron chi connectivity index (χ2n) is 8.15. The molecule has 0 aliphatic carbocycles. The first-order valence-electron chi connectivity index (χ1n) is 10.7. The minimum Gasteiger partial charge on any atom is -0.324 e. The SMILES string of the molecule is C[C@H](c1ccccc1F)c1c(F)ccc2c1NC(=NCc1ccc3ccccc3c1)NS2(=O)=O. The number of hydrogen-bond donors (Lipinski definition) is 2. The summed E-state index contributed by atoms with van der Waals surface area (Å²) in [6, 6.07) is 22.1. The molecular formula is C26H21F2N3O2S. The minimum atomic E-state index is -4.00. The van der Waals surface area contributed by atoms with Crippen LogP contribution in [-0.4, -0.2) is 14.4 Å². The average molecular weight is 478 g/mol. The monoisotopic (exact) mass is 477 g/mol. The van der Waals surface area contributed by atoms with E-state index in [4.69, 9.17) is 0 Å². The molecule has 1 aliphatic rings. The maximum Gasteiger partial charge on any atom is 0.266 e. The first-order chi connectivity index (χ1) is 16.3. The van der Waals surface area contributed by atoms with Gasteiger partial charge in [0.25, 0.3) is 10.0 Å². The molecule has 0 bridgehead atoms. The predicted molar refractivity (Wildman–Crippen MR) is 129 cm³/mol. The predicted octanol–water partition coefficient (Wildman–Crippen LogP) is 5.53. The van der Waals surface area contributed by atoms with Crippen LogP contribution in [0.5, 0.6) is 0 Å².